The molecule has 0 aromatic heterocycles. The fourth-order valence-corrected chi connectivity index (χ4v) is 3.59. The van der Waals surface area contributed by atoms with Crippen molar-refractivity contribution in [3.8, 4) is 11.5 Å². The van der Waals surface area contributed by atoms with Crippen molar-refractivity contribution in [2.75, 3.05) is 26.1 Å². The summed E-state index contributed by atoms with van der Waals surface area (Å²) in [6.45, 7) is 2.81. The van der Waals surface area contributed by atoms with Gasteiger partial charge in [-0.3, -0.25) is 0 Å². The summed E-state index contributed by atoms with van der Waals surface area (Å²) in [6, 6.07) is 9.27. The van der Waals surface area contributed by atoms with E-state index in [0.29, 0.717) is 34.7 Å². The highest BCUT2D eigenvalue weighted by Gasteiger charge is 2.30. The Morgan fingerprint density at radius 3 is 2.62 bits per heavy atom. The smallest absolute Gasteiger partial charge is 0.173 e. The lowest BCUT2D eigenvalue weighted by Gasteiger charge is -2.35. The number of hydrogen-bond donors (Lipinski definition) is 2. The molecule has 3 rings (SSSR count). The average molecular weight is 393 g/mol. The number of hydrogen-bond acceptors (Lipinski definition) is 4. The van der Waals surface area contributed by atoms with Gasteiger partial charge in [0.25, 0.3) is 0 Å². The van der Waals surface area contributed by atoms with Crippen LogP contribution in [0.1, 0.15) is 22.8 Å². The first-order valence-corrected chi connectivity index (χ1v) is 8.97. The number of nitrogens with one attached hydrogen (secondary N) is 1. The van der Waals surface area contributed by atoms with Gasteiger partial charge in [-0.25, -0.2) is 0 Å². The third-order valence-corrected chi connectivity index (χ3v) is 5.36. The van der Waals surface area contributed by atoms with Crippen molar-refractivity contribution in [2.45, 2.75) is 19.6 Å². The predicted octanol–water partition coefficient (Wildman–Crippen LogP) is 3.91. The quantitative estimate of drug-likeness (QED) is 0.772. The number of methoxy groups -OCH3 is 2. The molecule has 2 aromatic carbocycles. The minimum atomic E-state index is -0.732. The SMILES string of the molecule is COc1ccc(OC)c2c1CN(C(=S)Nc1cccc(Cl)c1C)C[C@@H]2O. The van der Waals surface area contributed by atoms with E-state index in [4.69, 9.17) is 33.3 Å². The Morgan fingerprint density at radius 2 is 1.92 bits per heavy atom. The standard InChI is InChI=1S/C19H21ClN2O3S/c1-11-13(20)5-4-6-14(11)21-19(26)22-9-12-16(24-2)7-8-17(25-3)18(12)15(23)10-22/h4-8,15,23H,9-10H2,1-3H3,(H,21,26)/t15-/m0/s1. The Balaban J connectivity index is 1.88. The minimum absolute atomic E-state index is 0.363. The maximum Gasteiger partial charge on any atom is 0.173 e. The molecule has 0 amide bonds. The Bertz CT molecular complexity index is 844. The topological polar surface area (TPSA) is 54.0 Å². The normalized spacial score (nSPS) is 16.0. The summed E-state index contributed by atoms with van der Waals surface area (Å²) in [5.74, 6) is 1.35. The molecule has 0 aliphatic carbocycles. The highest BCUT2D eigenvalue weighted by atomic mass is 35.5. The first-order valence-electron chi connectivity index (χ1n) is 8.19. The zero-order valence-electron chi connectivity index (χ0n) is 14.9. The Labute approximate surface area is 163 Å². The van der Waals surface area contributed by atoms with Gasteiger partial charge in [0.15, 0.2) is 5.11 Å². The molecule has 1 heterocycles. The second-order valence-corrected chi connectivity index (χ2v) is 6.90. The fraction of sp³-hybridized carbons (Fsp3) is 0.316. The summed E-state index contributed by atoms with van der Waals surface area (Å²) in [5, 5.41) is 15.1. The van der Waals surface area contributed by atoms with Gasteiger partial charge < -0.3 is 24.8 Å². The van der Waals surface area contributed by atoms with Gasteiger partial charge in [-0.15, -0.1) is 0 Å². The summed E-state index contributed by atoms with van der Waals surface area (Å²) in [4.78, 5) is 1.91. The van der Waals surface area contributed by atoms with Crippen LogP contribution in [0, 0.1) is 6.92 Å². The number of fused-ring (bicyclic) bond motifs is 1. The fourth-order valence-electron chi connectivity index (χ4n) is 3.17. The van der Waals surface area contributed by atoms with E-state index >= 15 is 0 Å². The Hall–Kier alpha value is -2.02. The molecule has 0 fully saturated rings. The lowest BCUT2D eigenvalue weighted by atomic mass is 9.95. The van der Waals surface area contributed by atoms with Crippen LogP contribution in [0.4, 0.5) is 5.69 Å². The summed E-state index contributed by atoms with van der Waals surface area (Å²) in [6.07, 6.45) is -0.732. The molecule has 2 N–H and O–H groups in total. The van der Waals surface area contributed by atoms with Crippen molar-refractivity contribution in [1.29, 1.82) is 0 Å². The number of nitrogens with zero attached hydrogens (tertiary/aromatic N) is 1. The van der Waals surface area contributed by atoms with Crippen LogP contribution in [-0.2, 0) is 6.54 Å². The summed E-state index contributed by atoms with van der Waals surface area (Å²) in [5.41, 5.74) is 3.40. The number of aliphatic hydroxyl groups excluding tert-OH is 1. The number of halogens is 1. The average Bonchev–Trinajstić information content (AvgIpc) is 2.64. The van der Waals surface area contributed by atoms with Crippen molar-refractivity contribution in [2.24, 2.45) is 0 Å². The van der Waals surface area contributed by atoms with Crippen LogP contribution in [0.15, 0.2) is 30.3 Å². The first kappa shape index (κ1) is 18.8. The zero-order chi connectivity index (χ0) is 18.8. The molecular weight excluding hydrogens is 372 g/mol. The van der Waals surface area contributed by atoms with Crippen molar-refractivity contribution in [3.63, 3.8) is 0 Å². The van der Waals surface area contributed by atoms with E-state index in [9.17, 15) is 5.11 Å². The molecule has 0 saturated heterocycles. The zero-order valence-corrected chi connectivity index (χ0v) is 16.4. The van der Waals surface area contributed by atoms with Crippen LogP contribution in [0.2, 0.25) is 5.02 Å². The van der Waals surface area contributed by atoms with Gasteiger partial charge in [-0.1, -0.05) is 17.7 Å². The second-order valence-electron chi connectivity index (χ2n) is 6.10. The summed E-state index contributed by atoms with van der Waals surface area (Å²) < 4.78 is 10.9. The van der Waals surface area contributed by atoms with E-state index in [-0.39, 0.29) is 0 Å². The lowest BCUT2D eigenvalue weighted by molar-refractivity contribution is 0.123. The van der Waals surface area contributed by atoms with Crippen LogP contribution < -0.4 is 14.8 Å². The first-order chi connectivity index (χ1) is 12.5. The molecule has 0 bridgehead atoms. The van der Waals surface area contributed by atoms with E-state index in [1.54, 1.807) is 14.2 Å². The highest BCUT2D eigenvalue weighted by molar-refractivity contribution is 7.80. The third kappa shape index (κ3) is 3.45. The number of anilines is 1. The number of rotatable bonds is 3. The largest absolute Gasteiger partial charge is 0.496 e. The molecule has 138 valence electrons. The van der Waals surface area contributed by atoms with Gasteiger partial charge in [0, 0.05) is 28.4 Å². The molecule has 2 aromatic rings. The lowest BCUT2D eigenvalue weighted by Crippen LogP contribution is -2.41. The van der Waals surface area contributed by atoms with Crippen molar-refractivity contribution < 1.29 is 14.6 Å². The van der Waals surface area contributed by atoms with E-state index in [2.05, 4.69) is 5.32 Å². The second kappa shape index (κ2) is 7.70. The van der Waals surface area contributed by atoms with Crippen LogP contribution in [0.25, 0.3) is 0 Å². The molecule has 0 saturated carbocycles. The van der Waals surface area contributed by atoms with Gasteiger partial charge >= 0.3 is 0 Å². The molecule has 7 heteroatoms. The number of ether oxygens (including phenoxy) is 2. The van der Waals surface area contributed by atoms with Crippen LogP contribution in [0.5, 0.6) is 11.5 Å². The molecule has 0 radical (unpaired) electrons. The number of β-amino-alcohol motifs (C(OH)–C–C–N with tert-alkyl or cyclic N) is 1. The van der Waals surface area contributed by atoms with Gasteiger partial charge in [0.05, 0.1) is 20.8 Å². The van der Waals surface area contributed by atoms with Gasteiger partial charge in [0.1, 0.15) is 17.6 Å². The maximum atomic E-state index is 10.7. The van der Waals surface area contributed by atoms with E-state index < -0.39 is 6.10 Å². The number of thiocarbonyl (C=S) groups is 1. The molecule has 0 unspecified atom stereocenters. The van der Waals surface area contributed by atoms with Crippen LogP contribution >= 0.6 is 23.8 Å². The predicted molar refractivity (Wildman–Crippen MR) is 107 cm³/mol. The summed E-state index contributed by atoms with van der Waals surface area (Å²) in [7, 11) is 3.20. The van der Waals surface area contributed by atoms with E-state index in [1.807, 2.05) is 42.2 Å². The molecular formula is C19H21ClN2O3S. The van der Waals surface area contributed by atoms with Crippen molar-refractivity contribution >= 4 is 34.6 Å². The van der Waals surface area contributed by atoms with E-state index in [1.165, 1.54) is 0 Å². The minimum Gasteiger partial charge on any atom is -0.496 e. The Kier molecular flexibility index (Phi) is 5.55. The molecule has 26 heavy (non-hydrogen) atoms. The monoisotopic (exact) mass is 392 g/mol. The van der Waals surface area contributed by atoms with Crippen molar-refractivity contribution in [1.82, 2.24) is 4.90 Å². The highest BCUT2D eigenvalue weighted by Crippen LogP contribution is 2.39. The van der Waals surface area contributed by atoms with Crippen LogP contribution in [0.3, 0.4) is 0 Å². The molecule has 5 nitrogen and oxygen atoms in total. The van der Waals surface area contributed by atoms with Gasteiger partial charge in [0.2, 0.25) is 0 Å². The molecule has 1 aliphatic heterocycles. The Morgan fingerprint density at radius 1 is 1.23 bits per heavy atom. The maximum absolute atomic E-state index is 10.7. The number of benzene rings is 2. The molecule has 1 atom stereocenters. The summed E-state index contributed by atoms with van der Waals surface area (Å²) >= 11 is 11.7. The van der Waals surface area contributed by atoms with Gasteiger partial charge in [-0.05, 0) is 49.0 Å². The van der Waals surface area contributed by atoms with Crippen molar-refractivity contribution in [3.05, 3.63) is 52.0 Å². The number of aliphatic hydroxyl groups is 1. The third-order valence-electron chi connectivity index (χ3n) is 4.59. The van der Waals surface area contributed by atoms with E-state index in [0.717, 1.165) is 22.4 Å². The van der Waals surface area contributed by atoms with Crippen LogP contribution in [-0.4, -0.2) is 35.9 Å². The van der Waals surface area contributed by atoms with Gasteiger partial charge in [-0.2, -0.15) is 0 Å². The molecule has 0 spiro atoms. The molecule has 1 aliphatic rings.